The molecule has 0 bridgehead atoms. The van der Waals surface area contributed by atoms with Gasteiger partial charge in [0.2, 0.25) is 5.91 Å². The van der Waals surface area contributed by atoms with Gasteiger partial charge in [-0.25, -0.2) is 9.97 Å². The first-order valence-corrected chi connectivity index (χ1v) is 8.26. The molecule has 1 N–H and O–H groups in total. The summed E-state index contributed by atoms with van der Waals surface area (Å²) >= 11 is 1.25. The van der Waals surface area contributed by atoms with Crippen molar-refractivity contribution in [3.8, 4) is 5.82 Å². The Bertz CT molecular complexity index is 730. The highest BCUT2D eigenvalue weighted by Crippen LogP contribution is 2.16. The molecule has 0 aromatic carbocycles. The van der Waals surface area contributed by atoms with Gasteiger partial charge in [-0.2, -0.15) is 0 Å². The fourth-order valence-electron chi connectivity index (χ4n) is 2.32. The van der Waals surface area contributed by atoms with Crippen molar-refractivity contribution in [2.45, 2.75) is 13.5 Å². The largest absolute Gasteiger partial charge is 0.350 e. The van der Waals surface area contributed by atoms with E-state index in [-0.39, 0.29) is 17.7 Å². The van der Waals surface area contributed by atoms with E-state index in [1.807, 2.05) is 29.8 Å². The first kappa shape index (κ1) is 15.5. The molecule has 3 rings (SSSR count). The zero-order valence-electron chi connectivity index (χ0n) is 12.7. The van der Waals surface area contributed by atoms with E-state index in [9.17, 15) is 9.59 Å². The van der Waals surface area contributed by atoms with Gasteiger partial charge < -0.3 is 10.2 Å². The zero-order valence-corrected chi connectivity index (χ0v) is 13.5. The fraction of sp³-hybridized carbons (Fsp3) is 0.333. The van der Waals surface area contributed by atoms with Gasteiger partial charge >= 0.3 is 0 Å². The fourth-order valence-corrected chi connectivity index (χ4v) is 3.15. The first-order valence-electron chi connectivity index (χ1n) is 7.27. The molecule has 2 aromatic rings. The minimum atomic E-state index is -0.155. The number of nitrogens with one attached hydrogen (secondary N) is 1. The van der Waals surface area contributed by atoms with Gasteiger partial charge in [-0.05, 0) is 24.6 Å². The van der Waals surface area contributed by atoms with Gasteiger partial charge in [0.25, 0.3) is 5.24 Å². The van der Waals surface area contributed by atoms with Crippen LogP contribution in [0.1, 0.15) is 11.4 Å². The smallest absolute Gasteiger partial charge is 0.282 e. The van der Waals surface area contributed by atoms with E-state index in [1.165, 1.54) is 11.8 Å². The molecule has 0 spiro atoms. The number of nitrogens with zero attached hydrogens (tertiary/aromatic N) is 4. The number of hydrogen-bond acceptors (Lipinski definition) is 5. The number of pyridine rings is 1. The molecule has 1 aliphatic heterocycles. The maximum Gasteiger partial charge on any atom is 0.282 e. The number of amides is 2. The second-order valence-corrected chi connectivity index (χ2v) is 6.23. The predicted octanol–water partition coefficient (Wildman–Crippen LogP) is 1.36. The van der Waals surface area contributed by atoms with Crippen molar-refractivity contribution < 1.29 is 9.59 Å². The normalized spacial score (nSPS) is 14.3. The highest BCUT2D eigenvalue weighted by Gasteiger charge is 2.22. The Morgan fingerprint density at radius 2 is 2.26 bits per heavy atom. The van der Waals surface area contributed by atoms with Crippen molar-refractivity contribution >= 4 is 22.9 Å². The lowest BCUT2D eigenvalue weighted by molar-refractivity contribution is -0.121. The average Bonchev–Trinajstić information content (AvgIpc) is 3.14. The lowest BCUT2D eigenvalue weighted by Crippen LogP contribution is -2.36. The molecule has 0 radical (unpaired) electrons. The number of carbonyl (C=O) groups excluding carboxylic acids is 2. The summed E-state index contributed by atoms with van der Waals surface area (Å²) in [4.78, 5) is 33.5. The second kappa shape index (κ2) is 6.82. The molecule has 0 unspecified atom stereocenters. The van der Waals surface area contributed by atoms with E-state index < -0.39 is 0 Å². The molecule has 23 heavy (non-hydrogen) atoms. The van der Waals surface area contributed by atoms with Gasteiger partial charge in [-0.1, -0.05) is 11.8 Å². The summed E-state index contributed by atoms with van der Waals surface area (Å²) in [6, 6.07) is 3.76. The van der Waals surface area contributed by atoms with Crippen molar-refractivity contribution in [1.82, 2.24) is 24.8 Å². The lowest BCUT2D eigenvalue weighted by Gasteiger charge is -2.14. The van der Waals surface area contributed by atoms with Crippen molar-refractivity contribution in [1.29, 1.82) is 0 Å². The Morgan fingerprint density at radius 3 is 2.96 bits per heavy atom. The Kier molecular flexibility index (Phi) is 4.61. The van der Waals surface area contributed by atoms with Gasteiger partial charge in [0.15, 0.2) is 0 Å². The summed E-state index contributed by atoms with van der Waals surface area (Å²) in [7, 11) is 0. The molecule has 3 heterocycles. The predicted molar refractivity (Wildman–Crippen MR) is 87.4 cm³/mol. The molecule has 120 valence electrons. The Hall–Kier alpha value is -2.35. The minimum absolute atomic E-state index is 0.0260. The molecular formula is C15H17N5O2S. The Labute approximate surface area is 138 Å². The summed E-state index contributed by atoms with van der Waals surface area (Å²) in [5, 5.41) is 2.81. The van der Waals surface area contributed by atoms with Crippen LogP contribution in [0.3, 0.4) is 0 Å². The number of carbonyl (C=O) groups is 2. The van der Waals surface area contributed by atoms with Crippen LogP contribution >= 0.6 is 11.8 Å². The maximum absolute atomic E-state index is 11.9. The molecule has 1 fully saturated rings. The van der Waals surface area contributed by atoms with Crippen LogP contribution in [0.4, 0.5) is 4.79 Å². The summed E-state index contributed by atoms with van der Waals surface area (Å²) < 4.78 is 1.88. The zero-order chi connectivity index (χ0) is 16.2. The molecule has 8 heteroatoms. The van der Waals surface area contributed by atoms with E-state index in [0.29, 0.717) is 13.1 Å². The minimum Gasteiger partial charge on any atom is -0.350 e. The van der Waals surface area contributed by atoms with Gasteiger partial charge in [-0.3, -0.25) is 14.2 Å². The highest BCUT2D eigenvalue weighted by atomic mass is 32.2. The number of aryl methyl sites for hydroxylation is 1. The third-order valence-corrected chi connectivity index (χ3v) is 4.44. The van der Waals surface area contributed by atoms with Crippen LogP contribution in [-0.4, -0.2) is 49.4 Å². The van der Waals surface area contributed by atoms with Crippen molar-refractivity contribution in [3.05, 3.63) is 42.1 Å². The first-order chi connectivity index (χ1) is 11.1. The monoisotopic (exact) mass is 331 g/mol. The maximum atomic E-state index is 11.9. The molecule has 1 saturated heterocycles. The molecule has 0 aliphatic carbocycles. The van der Waals surface area contributed by atoms with Crippen molar-refractivity contribution in [2.24, 2.45) is 0 Å². The van der Waals surface area contributed by atoms with Crippen molar-refractivity contribution in [3.63, 3.8) is 0 Å². The van der Waals surface area contributed by atoms with Crippen LogP contribution in [0.2, 0.25) is 0 Å². The molecule has 1 aliphatic rings. The number of rotatable bonds is 5. The standard InChI is InChI=1S/C15H17N5O2S/c1-11-16-4-5-20(11)13-8-12(2-3-17-13)9-18-14(21)10-19-6-7-23-15(19)22/h2-5,8H,6-7,9-10H2,1H3,(H,18,21). The van der Waals surface area contributed by atoms with E-state index in [0.717, 1.165) is 23.0 Å². The Morgan fingerprint density at radius 1 is 1.39 bits per heavy atom. The highest BCUT2D eigenvalue weighted by molar-refractivity contribution is 8.13. The molecule has 0 atom stereocenters. The quantitative estimate of drug-likeness (QED) is 0.895. The molecule has 2 amide bonds. The number of imidazole rings is 1. The third kappa shape index (κ3) is 3.70. The number of thioether (sulfide) groups is 1. The SMILES string of the molecule is Cc1nccn1-c1cc(CNC(=O)CN2CCSC2=O)ccn1. The molecule has 7 nitrogen and oxygen atoms in total. The number of hydrogen-bond donors (Lipinski definition) is 1. The third-order valence-electron chi connectivity index (χ3n) is 3.55. The molecule has 0 saturated carbocycles. The topological polar surface area (TPSA) is 80.1 Å². The summed E-state index contributed by atoms with van der Waals surface area (Å²) in [5.41, 5.74) is 0.943. The van der Waals surface area contributed by atoms with Crippen LogP contribution in [0.15, 0.2) is 30.7 Å². The summed E-state index contributed by atoms with van der Waals surface area (Å²) in [6.45, 7) is 3.05. The van der Waals surface area contributed by atoms with Crippen LogP contribution < -0.4 is 5.32 Å². The van der Waals surface area contributed by atoms with E-state index in [2.05, 4.69) is 15.3 Å². The van der Waals surface area contributed by atoms with Crippen LogP contribution in [0.5, 0.6) is 0 Å². The Balaban J connectivity index is 1.59. The lowest BCUT2D eigenvalue weighted by atomic mass is 10.2. The van der Waals surface area contributed by atoms with E-state index in [4.69, 9.17) is 0 Å². The average molecular weight is 331 g/mol. The van der Waals surface area contributed by atoms with Crippen LogP contribution in [-0.2, 0) is 11.3 Å². The van der Waals surface area contributed by atoms with E-state index >= 15 is 0 Å². The van der Waals surface area contributed by atoms with Crippen LogP contribution in [0.25, 0.3) is 5.82 Å². The van der Waals surface area contributed by atoms with Gasteiger partial charge in [0.1, 0.15) is 18.2 Å². The number of aromatic nitrogens is 3. The van der Waals surface area contributed by atoms with Gasteiger partial charge in [0.05, 0.1) is 0 Å². The van der Waals surface area contributed by atoms with Gasteiger partial charge in [-0.15, -0.1) is 0 Å². The molecule has 2 aromatic heterocycles. The summed E-state index contributed by atoms with van der Waals surface area (Å²) in [6.07, 6.45) is 5.27. The second-order valence-electron chi connectivity index (χ2n) is 5.18. The van der Waals surface area contributed by atoms with Crippen molar-refractivity contribution in [2.75, 3.05) is 18.8 Å². The van der Waals surface area contributed by atoms with E-state index in [1.54, 1.807) is 17.3 Å². The van der Waals surface area contributed by atoms with Gasteiger partial charge in [0, 0.05) is 37.4 Å². The summed E-state index contributed by atoms with van der Waals surface area (Å²) in [5.74, 6) is 2.21. The molecular weight excluding hydrogens is 314 g/mol. The van der Waals surface area contributed by atoms with Crippen LogP contribution in [0, 0.1) is 6.92 Å².